The fourth-order valence-electron chi connectivity index (χ4n) is 4.51. The van der Waals surface area contributed by atoms with Crippen LogP contribution in [0.3, 0.4) is 0 Å². The van der Waals surface area contributed by atoms with Crippen LogP contribution in [0.1, 0.15) is 63.6 Å². The second kappa shape index (κ2) is 7.41. The Labute approximate surface area is 168 Å². The van der Waals surface area contributed by atoms with Gasteiger partial charge in [-0.25, -0.2) is 0 Å². The molecule has 2 nitrogen and oxygen atoms in total. The molecular weight excluding hydrogens is 352 g/mol. The van der Waals surface area contributed by atoms with Crippen LogP contribution < -0.4 is 4.90 Å². The Morgan fingerprint density at radius 1 is 1.22 bits per heavy atom. The minimum atomic E-state index is 0.138. The van der Waals surface area contributed by atoms with Gasteiger partial charge in [0.05, 0.1) is 11.6 Å². The molecule has 0 saturated heterocycles. The molecule has 0 unspecified atom stereocenters. The Balaban J connectivity index is 2.04. The third kappa shape index (κ3) is 3.89. The first-order chi connectivity index (χ1) is 12.7. The van der Waals surface area contributed by atoms with Gasteiger partial charge >= 0.3 is 0 Å². The SMILES string of the molecule is CC(C)N1c2ccc(/C=C(/C#N)c3ccc(Cl)cc3)cc2[C@@H](C)CC1(C)C. The summed E-state index contributed by atoms with van der Waals surface area (Å²) in [6.07, 6.45) is 3.09. The van der Waals surface area contributed by atoms with Gasteiger partial charge in [-0.3, -0.25) is 0 Å². The van der Waals surface area contributed by atoms with Gasteiger partial charge in [0.2, 0.25) is 0 Å². The first-order valence-corrected chi connectivity index (χ1v) is 9.92. The highest BCUT2D eigenvalue weighted by atomic mass is 35.5. The lowest BCUT2D eigenvalue weighted by atomic mass is 9.78. The zero-order valence-electron chi connectivity index (χ0n) is 16.8. The van der Waals surface area contributed by atoms with E-state index >= 15 is 0 Å². The van der Waals surface area contributed by atoms with Gasteiger partial charge in [0.25, 0.3) is 0 Å². The molecule has 0 fully saturated rings. The van der Waals surface area contributed by atoms with Crippen molar-refractivity contribution in [3.63, 3.8) is 0 Å². The summed E-state index contributed by atoms with van der Waals surface area (Å²) in [6, 6.07) is 16.8. The second-order valence-corrected chi connectivity index (χ2v) is 8.81. The van der Waals surface area contributed by atoms with Gasteiger partial charge in [-0.1, -0.05) is 36.7 Å². The summed E-state index contributed by atoms with van der Waals surface area (Å²) in [4.78, 5) is 2.53. The van der Waals surface area contributed by atoms with Crippen LogP contribution in [-0.4, -0.2) is 11.6 Å². The molecule has 3 heteroatoms. The van der Waals surface area contributed by atoms with Gasteiger partial charge in [-0.15, -0.1) is 0 Å². The third-order valence-corrected chi connectivity index (χ3v) is 5.65. The zero-order chi connectivity index (χ0) is 19.8. The predicted octanol–water partition coefficient (Wildman–Crippen LogP) is 6.90. The summed E-state index contributed by atoms with van der Waals surface area (Å²) in [5, 5.41) is 10.3. The maximum Gasteiger partial charge on any atom is 0.0998 e. The summed E-state index contributed by atoms with van der Waals surface area (Å²) in [7, 11) is 0. The number of halogens is 1. The number of fused-ring (bicyclic) bond motifs is 1. The van der Waals surface area contributed by atoms with Crippen LogP contribution in [-0.2, 0) is 0 Å². The van der Waals surface area contributed by atoms with Crippen molar-refractivity contribution in [3.8, 4) is 6.07 Å². The smallest absolute Gasteiger partial charge is 0.0998 e. The number of hydrogen-bond donors (Lipinski definition) is 0. The highest BCUT2D eigenvalue weighted by Gasteiger charge is 2.37. The van der Waals surface area contributed by atoms with Crippen LogP contribution in [0.2, 0.25) is 5.02 Å². The average Bonchev–Trinajstić information content (AvgIpc) is 2.60. The molecule has 2 aromatic rings. The third-order valence-electron chi connectivity index (χ3n) is 5.40. The van der Waals surface area contributed by atoms with Crippen LogP contribution in [0, 0.1) is 11.3 Å². The van der Waals surface area contributed by atoms with E-state index < -0.39 is 0 Å². The number of rotatable bonds is 3. The summed E-state index contributed by atoms with van der Waals surface area (Å²) in [5.74, 6) is 0.486. The van der Waals surface area contributed by atoms with Crippen LogP contribution in [0.5, 0.6) is 0 Å². The number of allylic oxidation sites excluding steroid dienone is 1. The molecule has 1 aliphatic rings. The highest BCUT2D eigenvalue weighted by molar-refractivity contribution is 6.30. The maximum absolute atomic E-state index is 9.62. The monoisotopic (exact) mass is 378 g/mol. The van der Waals surface area contributed by atoms with E-state index in [1.54, 1.807) is 0 Å². The second-order valence-electron chi connectivity index (χ2n) is 8.38. The molecule has 1 atom stereocenters. The lowest BCUT2D eigenvalue weighted by molar-refractivity contribution is 0.356. The molecule has 0 N–H and O–H groups in total. The Hall–Kier alpha value is -2.24. The van der Waals surface area contributed by atoms with Crippen molar-refractivity contribution in [3.05, 3.63) is 64.2 Å². The van der Waals surface area contributed by atoms with E-state index in [0.717, 1.165) is 17.5 Å². The van der Waals surface area contributed by atoms with Crippen LogP contribution in [0.4, 0.5) is 5.69 Å². The van der Waals surface area contributed by atoms with E-state index in [2.05, 4.69) is 63.8 Å². The van der Waals surface area contributed by atoms with E-state index in [9.17, 15) is 5.26 Å². The molecule has 0 aromatic heterocycles. The summed E-state index contributed by atoms with van der Waals surface area (Å²) >= 11 is 5.97. The molecule has 27 heavy (non-hydrogen) atoms. The largest absolute Gasteiger partial charge is 0.364 e. The topological polar surface area (TPSA) is 27.0 Å². The van der Waals surface area contributed by atoms with Gasteiger partial charge in [-0.05, 0) is 87.1 Å². The van der Waals surface area contributed by atoms with E-state index in [1.807, 2.05) is 30.3 Å². The van der Waals surface area contributed by atoms with E-state index in [1.165, 1.54) is 11.3 Å². The van der Waals surface area contributed by atoms with E-state index in [4.69, 9.17) is 11.6 Å². The van der Waals surface area contributed by atoms with Gasteiger partial charge in [-0.2, -0.15) is 5.26 Å². The van der Waals surface area contributed by atoms with Crippen molar-refractivity contribution in [1.82, 2.24) is 0 Å². The van der Waals surface area contributed by atoms with Crippen molar-refractivity contribution >= 4 is 28.9 Å². The molecule has 0 radical (unpaired) electrons. The first kappa shape index (κ1) is 19.5. The zero-order valence-corrected chi connectivity index (χ0v) is 17.5. The molecule has 140 valence electrons. The normalized spacial score (nSPS) is 19.0. The molecule has 3 rings (SSSR count). The molecule has 1 heterocycles. The fourth-order valence-corrected chi connectivity index (χ4v) is 4.64. The van der Waals surface area contributed by atoms with E-state index in [-0.39, 0.29) is 5.54 Å². The number of nitrogens with zero attached hydrogens (tertiary/aromatic N) is 2. The molecule has 0 bridgehead atoms. The number of anilines is 1. The summed E-state index contributed by atoms with van der Waals surface area (Å²) in [5.41, 5.74) is 5.42. The Kier molecular flexibility index (Phi) is 5.36. The summed E-state index contributed by atoms with van der Waals surface area (Å²) < 4.78 is 0. The van der Waals surface area contributed by atoms with Crippen LogP contribution in [0.15, 0.2) is 42.5 Å². The van der Waals surface area contributed by atoms with Gasteiger partial charge in [0.15, 0.2) is 0 Å². The van der Waals surface area contributed by atoms with Crippen molar-refractivity contribution < 1.29 is 0 Å². The minimum absolute atomic E-state index is 0.138. The number of nitriles is 1. The molecular formula is C24H27ClN2. The van der Waals surface area contributed by atoms with Gasteiger partial charge < -0.3 is 4.90 Å². The van der Waals surface area contributed by atoms with Crippen molar-refractivity contribution in [2.45, 2.75) is 58.5 Å². The van der Waals surface area contributed by atoms with Crippen LogP contribution in [0.25, 0.3) is 11.6 Å². The van der Waals surface area contributed by atoms with Crippen molar-refractivity contribution in [2.75, 3.05) is 4.90 Å². The van der Waals surface area contributed by atoms with Crippen molar-refractivity contribution in [1.29, 1.82) is 5.26 Å². The number of benzene rings is 2. The maximum atomic E-state index is 9.62. The molecule has 0 aliphatic carbocycles. The average molecular weight is 379 g/mol. The lowest BCUT2D eigenvalue weighted by Crippen LogP contribution is -2.51. The molecule has 0 saturated carbocycles. The molecule has 2 aromatic carbocycles. The quantitative estimate of drug-likeness (QED) is 0.428. The Morgan fingerprint density at radius 2 is 1.89 bits per heavy atom. The Morgan fingerprint density at radius 3 is 2.48 bits per heavy atom. The molecule has 1 aliphatic heterocycles. The Bertz CT molecular complexity index is 901. The standard InChI is InChI=1S/C24H27ClN2/c1-16(2)27-23-11-6-18(13-22(23)17(3)14-24(27,4)5)12-20(15-26)19-7-9-21(25)10-8-19/h6-13,16-17H,14H2,1-5H3/b20-12-/t17-/m0/s1. The molecule has 0 spiro atoms. The molecule has 0 amide bonds. The predicted molar refractivity (Wildman–Crippen MR) is 116 cm³/mol. The van der Waals surface area contributed by atoms with E-state index in [0.29, 0.717) is 22.6 Å². The lowest BCUT2D eigenvalue weighted by Gasteiger charge is -2.50. The van der Waals surface area contributed by atoms with Gasteiger partial charge in [0, 0.05) is 22.3 Å². The van der Waals surface area contributed by atoms with Crippen LogP contribution >= 0.6 is 11.6 Å². The fraction of sp³-hybridized carbons (Fsp3) is 0.375. The highest BCUT2D eigenvalue weighted by Crippen LogP contribution is 2.44. The van der Waals surface area contributed by atoms with Crippen molar-refractivity contribution in [2.24, 2.45) is 0 Å². The number of hydrogen-bond acceptors (Lipinski definition) is 2. The first-order valence-electron chi connectivity index (χ1n) is 9.54. The minimum Gasteiger partial charge on any atom is -0.364 e. The summed E-state index contributed by atoms with van der Waals surface area (Å²) in [6.45, 7) is 11.5. The van der Waals surface area contributed by atoms with Gasteiger partial charge in [0.1, 0.15) is 0 Å².